The lowest BCUT2D eigenvalue weighted by molar-refractivity contribution is 0.0387. The molecule has 8 heteroatoms. The van der Waals surface area contributed by atoms with Crippen molar-refractivity contribution >= 4 is 23.0 Å². The molecule has 0 spiro atoms. The van der Waals surface area contributed by atoms with E-state index in [2.05, 4.69) is 11.8 Å². The molecule has 1 saturated heterocycles. The number of methoxy groups -OCH3 is 2. The normalized spacial score (nSPS) is 17.9. The Bertz CT molecular complexity index is 1350. The molecule has 0 saturated carbocycles. The molecule has 222 valence electrons. The van der Waals surface area contributed by atoms with E-state index in [1.165, 1.54) is 7.11 Å². The van der Waals surface area contributed by atoms with E-state index in [4.69, 9.17) is 18.9 Å². The van der Waals surface area contributed by atoms with Crippen molar-refractivity contribution in [3.05, 3.63) is 64.8 Å². The highest BCUT2D eigenvalue weighted by molar-refractivity contribution is 5.95. The lowest BCUT2D eigenvalue weighted by atomic mass is 9.86. The van der Waals surface area contributed by atoms with Crippen LogP contribution in [0.15, 0.2) is 42.6 Å². The molecule has 41 heavy (non-hydrogen) atoms. The molecule has 0 amide bonds. The van der Waals surface area contributed by atoms with Crippen molar-refractivity contribution in [1.29, 1.82) is 0 Å². The average Bonchev–Trinajstić information content (AvgIpc) is 3.40. The van der Waals surface area contributed by atoms with Crippen LogP contribution in [-0.4, -0.2) is 61.1 Å². The number of likely N-dealkylation sites (tertiary alicyclic amines) is 1. The Labute approximate surface area is 243 Å². The minimum absolute atomic E-state index is 0.125. The smallest absolute Gasteiger partial charge is 0.419 e. The first kappa shape index (κ1) is 30.6. The van der Waals surface area contributed by atoms with Crippen LogP contribution in [0.3, 0.4) is 0 Å². The van der Waals surface area contributed by atoms with E-state index in [1.54, 1.807) is 17.9 Å². The Balaban J connectivity index is 1.70. The largest absolute Gasteiger partial charge is 0.496 e. The number of piperidine rings is 1. The van der Waals surface area contributed by atoms with E-state index in [9.17, 15) is 9.59 Å². The molecule has 1 fully saturated rings. The van der Waals surface area contributed by atoms with Crippen LogP contribution >= 0.6 is 0 Å². The molecular weight excluding hydrogens is 520 g/mol. The zero-order valence-corrected chi connectivity index (χ0v) is 25.5. The number of carbonyl (C=O) groups excluding carboxylic acids is 2. The fourth-order valence-electron chi connectivity index (χ4n) is 5.70. The van der Waals surface area contributed by atoms with Crippen LogP contribution in [0.1, 0.15) is 80.0 Å². The van der Waals surface area contributed by atoms with Gasteiger partial charge in [0.05, 0.1) is 25.3 Å². The molecule has 2 heterocycles. The summed E-state index contributed by atoms with van der Waals surface area (Å²) in [7, 11) is 3.08. The monoisotopic (exact) mass is 564 g/mol. The number of hydrogen-bond donors (Lipinski definition) is 0. The van der Waals surface area contributed by atoms with Gasteiger partial charge in [-0.15, -0.1) is 0 Å². The summed E-state index contributed by atoms with van der Waals surface area (Å²) >= 11 is 0. The highest BCUT2D eigenvalue weighted by atomic mass is 16.6. The van der Waals surface area contributed by atoms with Crippen molar-refractivity contribution in [2.45, 2.75) is 72.1 Å². The van der Waals surface area contributed by atoms with Crippen molar-refractivity contribution in [3.63, 3.8) is 0 Å². The topological polar surface area (TPSA) is 79.2 Å². The number of aromatic nitrogens is 1. The number of carbonyl (C=O) groups is 2. The van der Waals surface area contributed by atoms with Gasteiger partial charge >= 0.3 is 12.1 Å². The van der Waals surface area contributed by atoms with Crippen LogP contribution in [0.25, 0.3) is 10.9 Å². The van der Waals surface area contributed by atoms with Gasteiger partial charge in [0, 0.05) is 42.9 Å². The van der Waals surface area contributed by atoms with Gasteiger partial charge < -0.3 is 18.9 Å². The second-order valence-corrected chi connectivity index (χ2v) is 11.9. The zero-order chi connectivity index (χ0) is 29.7. The Morgan fingerprint density at radius 2 is 1.80 bits per heavy atom. The summed E-state index contributed by atoms with van der Waals surface area (Å²) in [5, 5.41) is 0.973. The van der Waals surface area contributed by atoms with Gasteiger partial charge in [-0.2, -0.15) is 0 Å². The van der Waals surface area contributed by atoms with Crippen molar-refractivity contribution < 1.29 is 28.5 Å². The maximum absolute atomic E-state index is 13.1. The summed E-state index contributed by atoms with van der Waals surface area (Å²) in [6.07, 6.45) is 4.36. The summed E-state index contributed by atoms with van der Waals surface area (Å²) in [6, 6.07) is 11.8. The predicted octanol–water partition coefficient (Wildman–Crippen LogP) is 6.91. The number of nitrogens with zero attached hydrogens (tertiary/aromatic N) is 2. The molecule has 0 N–H and O–H groups in total. The maximum atomic E-state index is 13.1. The predicted molar refractivity (Wildman–Crippen MR) is 160 cm³/mol. The molecule has 0 unspecified atom stereocenters. The van der Waals surface area contributed by atoms with Crippen molar-refractivity contribution in [2.24, 2.45) is 5.92 Å². The van der Waals surface area contributed by atoms with E-state index >= 15 is 0 Å². The number of fused-ring (bicyclic) bond motifs is 1. The van der Waals surface area contributed by atoms with E-state index in [1.807, 2.05) is 64.1 Å². The molecule has 1 aromatic heterocycles. The second kappa shape index (κ2) is 13.1. The van der Waals surface area contributed by atoms with Crippen molar-refractivity contribution in [1.82, 2.24) is 9.47 Å². The van der Waals surface area contributed by atoms with Gasteiger partial charge in [-0.05, 0) is 94.8 Å². The van der Waals surface area contributed by atoms with Crippen LogP contribution < -0.4 is 4.74 Å². The number of esters is 1. The molecule has 1 aliphatic heterocycles. The molecule has 1 aliphatic rings. The summed E-state index contributed by atoms with van der Waals surface area (Å²) < 4.78 is 24.0. The third-order valence-electron chi connectivity index (χ3n) is 7.64. The van der Waals surface area contributed by atoms with Gasteiger partial charge in [-0.3, -0.25) is 9.47 Å². The third-order valence-corrected chi connectivity index (χ3v) is 7.64. The zero-order valence-electron chi connectivity index (χ0n) is 25.5. The molecule has 3 aromatic rings. The molecular formula is C33H44N2O6. The minimum Gasteiger partial charge on any atom is -0.496 e. The van der Waals surface area contributed by atoms with E-state index < -0.39 is 11.7 Å². The first-order valence-corrected chi connectivity index (χ1v) is 14.5. The number of benzene rings is 2. The Hall–Kier alpha value is -3.36. The molecule has 0 bridgehead atoms. The first-order valence-electron chi connectivity index (χ1n) is 14.5. The highest BCUT2D eigenvalue weighted by Gasteiger charge is 2.32. The maximum Gasteiger partial charge on any atom is 0.419 e. The molecule has 2 atom stereocenters. The Morgan fingerprint density at radius 1 is 1.07 bits per heavy atom. The fraction of sp³-hybridized carbons (Fsp3) is 0.515. The summed E-state index contributed by atoms with van der Waals surface area (Å²) in [5.41, 5.74) is 3.89. The lowest BCUT2D eigenvalue weighted by Gasteiger charge is -2.40. The molecule has 0 radical (unpaired) electrons. The lowest BCUT2D eigenvalue weighted by Crippen LogP contribution is -2.38. The van der Waals surface area contributed by atoms with Crippen LogP contribution in [-0.2, 0) is 20.8 Å². The SMILES string of the molecule is CCCOC[C@H]1CCN(Cc2c(OC)cc(C)c3c2ccn3C(=O)OC(C)(C)C)[C@H](c2ccc(C(=O)OC)cc2)C1. The second-order valence-electron chi connectivity index (χ2n) is 11.9. The fourth-order valence-corrected chi connectivity index (χ4v) is 5.70. The van der Waals surface area contributed by atoms with Crippen LogP contribution in [0.5, 0.6) is 5.75 Å². The first-order chi connectivity index (χ1) is 19.6. The summed E-state index contributed by atoms with van der Waals surface area (Å²) in [5.74, 6) is 0.894. The average molecular weight is 565 g/mol. The van der Waals surface area contributed by atoms with E-state index in [0.717, 1.165) is 72.4 Å². The summed E-state index contributed by atoms with van der Waals surface area (Å²) in [4.78, 5) is 27.6. The van der Waals surface area contributed by atoms with Crippen molar-refractivity contribution in [2.75, 3.05) is 34.0 Å². The Morgan fingerprint density at radius 3 is 2.44 bits per heavy atom. The van der Waals surface area contributed by atoms with E-state index in [-0.39, 0.29) is 12.0 Å². The van der Waals surface area contributed by atoms with Gasteiger partial charge in [0.15, 0.2) is 0 Å². The number of rotatable bonds is 9. The van der Waals surface area contributed by atoms with Gasteiger partial charge in [0.1, 0.15) is 11.4 Å². The molecule has 4 rings (SSSR count). The number of hydrogen-bond acceptors (Lipinski definition) is 7. The van der Waals surface area contributed by atoms with Gasteiger partial charge in [-0.1, -0.05) is 19.1 Å². The molecule has 0 aliphatic carbocycles. The Kier molecular flexibility index (Phi) is 9.76. The minimum atomic E-state index is -0.599. The van der Waals surface area contributed by atoms with Crippen molar-refractivity contribution in [3.8, 4) is 5.75 Å². The van der Waals surface area contributed by atoms with Crippen LogP contribution in [0.4, 0.5) is 4.79 Å². The van der Waals surface area contributed by atoms with Gasteiger partial charge in [0.2, 0.25) is 0 Å². The number of aryl methyl sites for hydroxylation is 1. The number of ether oxygens (including phenoxy) is 4. The standard InChI is InChI=1S/C33H44N2O6/c1-8-17-40-21-23-13-15-34(28(19-23)24-9-11-25(12-10-24)31(36)39-7)20-27-26-14-16-35(32(37)41-33(3,4)5)30(26)22(2)18-29(27)38-6/h9-12,14,16,18,23,28H,8,13,15,17,19-21H2,1-7H3/t23-,28-/m0/s1. The molecule has 2 aromatic carbocycles. The quantitative estimate of drug-likeness (QED) is 0.206. The third kappa shape index (κ3) is 7.11. The summed E-state index contributed by atoms with van der Waals surface area (Å²) in [6.45, 7) is 12.8. The van der Waals surface area contributed by atoms with E-state index in [0.29, 0.717) is 18.0 Å². The van der Waals surface area contributed by atoms with Crippen LogP contribution in [0.2, 0.25) is 0 Å². The van der Waals surface area contributed by atoms with Crippen LogP contribution in [0, 0.1) is 12.8 Å². The van der Waals surface area contributed by atoms with Gasteiger partial charge in [0.25, 0.3) is 0 Å². The highest BCUT2D eigenvalue weighted by Crippen LogP contribution is 2.39. The van der Waals surface area contributed by atoms with Gasteiger partial charge in [-0.25, -0.2) is 9.59 Å². The molecule has 8 nitrogen and oxygen atoms in total.